The van der Waals surface area contributed by atoms with E-state index in [4.69, 9.17) is 4.74 Å². The SMILES string of the molecule is Cc1nnc(N2C[C@H]3[C@@H](CC(=O)Nc4cnccn4)CO[C@H]3C2)s1. The van der Waals surface area contributed by atoms with Gasteiger partial charge in [-0.2, -0.15) is 0 Å². The van der Waals surface area contributed by atoms with Crippen LogP contribution in [0, 0.1) is 18.8 Å². The van der Waals surface area contributed by atoms with Crippen molar-refractivity contribution in [3.8, 4) is 0 Å². The lowest BCUT2D eigenvalue weighted by molar-refractivity contribution is -0.117. The highest BCUT2D eigenvalue weighted by Crippen LogP contribution is 2.38. The molecule has 0 aromatic carbocycles. The van der Waals surface area contributed by atoms with Crippen molar-refractivity contribution < 1.29 is 9.53 Å². The Bertz CT molecular complexity index is 724. The summed E-state index contributed by atoms with van der Waals surface area (Å²) in [6.45, 7) is 4.27. The molecular formula is C15H18N6O2S. The molecule has 8 nitrogen and oxygen atoms in total. The Morgan fingerprint density at radius 2 is 2.33 bits per heavy atom. The summed E-state index contributed by atoms with van der Waals surface area (Å²) in [5, 5.41) is 13.0. The molecule has 2 saturated heterocycles. The van der Waals surface area contributed by atoms with Crippen LogP contribution in [0.5, 0.6) is 0 Å². The molecule has 0 saturated carbocycles. The fraction of sp³-hybridized carbons (Fsp3) is 0.533. The van der Waals surface area contributed by atoms with Crippen LogP contribution in [-0.4, -0.2) is 51.9 Å². The number of amides is 1. The number of rotatable bonds is 4. The van der Waals surface area contributed by atoms with Gasteiger partial charge in [-0.25, -0.2) is 4.98 Å². The quantitative estimate of drug-likeness (QED) is 0.886. The number of aryl methyl sites for hydroxylation is 1. The standard InChI is InChI=1S/C15H18N6O2S/c1-9-19-20-15(24-9)21-6-11-10(8-23-12(11)7-21)4-14(22)18-13-5-16-2-3-17-13/h2-3,5,10-12H,4,6-8H2,1H3,(H,17,18,22)/t10-,11-,12-/m0/s1. The molecule has 2 aliphatic heterocycles. The van der Waals surface area contributed by atoms with E-state index in [0.717, 1.165) is 23.2 Å². The van der Waals surface area contributed by atoms with E-state index in [1.807, 2.05) is 6.92 Å². The first-order chi connectivity index (χ1) is 11.7. The lowest BCUT2D eigenvalue weighted by Crippen LogP contribution is -2.26. The predicted octanol–water partition coefficient (Wildman–Crippen LogP) is 1.12. The molecule has 0 radical (unpaired) electrons. The monoisotopic (exact) mass is 346 g/mol. The van der Waals surface area contributed by atoms with Crippen LogP contribution in [-0.2, 0) is 9.53 Å². The molecule has 9 heteroatoms. The van der Waals surface area contributed by atoms with Gasteiger partial charge in [0.05, 0.1) is 18.9 Å². The zero-order valence-corrected chi connectivity index (χ0v) is 14.1. The van der Waals surface area contributed by atoms with Crippen molar-refractivity contribution in [2.24, 2.45) is 11.8 Å². The fourth-order valence-electron chi connectivity index (χ4n) is 3.37. The summed E-state index contributed by atoms with van der Waals surface area (Å²) < 4.78 is 5.91. The van der Waals surface area contributed by atoms with E-state index in [1.165, 1.54) is 0 Å². The van der Waals surface area contributed by atoms with Gasteiger partial charge in [-0.15, -0.1) is 10.2 Å². The number of carbonyl (C=O) groups is 1. The number of anilines is 2. The Labute approximate surface area is 143 Å². The highest BCUT2D eigenvalue weighted by atomic mass is 32.1. The third kappa shape index (κ3) is 3.09. The molecule has 0 spiro atoms. The molecule has 1 amide bonds. The van der Waals surface area contributed by atoms with Gasteiger partial charge in [0.25, 0.3) is 0 Å². The molecule has 0 aliphatic carbocycles. The Morgan fingerprint density at radius 3 is 3.08 bits per heavy atom. The molecular weight excluding hydrogens is 328 g/mol. The number of fused-ring (bicyclic) bond motifs is 1. The maximum Gasteiger partial charge on any atom is 0.225 e. The Morgan fingerprint density at radius 1 is 1.42 bits per heavy atom. The number of nitrogens with one attached hydrogen (secondary N) is 1. The van der Waals surface area contributed by atoms with Crippen LogP contribution in [0.2, 0.25) is 0 Å². The van der Waals surface area contributed by atoms with Crippen LogP contribution in [0.15, 0.2) is 18.6 Å². The van der Waals surface area contributed by atoms with Crippen LogP contribution in [0.3, 0.4) is 0 Å². The van der Waals surface area contributed by atoms with E-state index >= 15 is 0 Å². The summed E-state index contributed by atoms with van der Waals surface area (Å²) in [5.74, 6) is 0.998. The maximum atomic E-state index is 12.2. The lowest BCUT2D eigenvalue weighted by Gasteiger charge is -2.18. The second-order valence-corrected chi connectivity index (χ2v) is 7.31. The van der Waals surface area contributed by atoms with Gasteiger partial charge in [0, 0.05) is 37.8 Å². The van der Waals surface area contributed by atoms with E-state index in [2.05, 4.69) is 30.4 Å². The molecule has 2 fully saturated rings. The van der Waals surface area contributed by atoms with Crippen molar-refractivity contribution >= 4 is 28.2 Å². The van der Waals surface area contributed by atoms with Gasteiger partial charge < -0.3 is 15.0 Å². The first-order valence-corrected chi connectivity index (χ1v) is 8.73. The van der Waals surface area contributed by atoms with Gasteiger partial charge in [0.1, 0.15) is 5.01 Å². The number of aromatic nitrogens is 4. The highest BCUT2D eigenvalue weighted by molar-refractivity contribution is 7.15. The molecule has 2 aliphatic rings. The molecule has 1 N–H and O–H groups in total. The van der Waals surface area contributed by atoms with Crippen LogP contribution >= 0.6 is 11.3 Å². The average Bonchev–Trinajstić information content (AvgIpc) is 3.25. The minimum atomic E-state index is -0.0463. The number of hydrogen-bond donors (Lipinski definition) is 1. The minimum absolute atomic E-state index is 0.0463. The zero-order valence-electron chi connectivity index (χ0n) is 13.3. The molecule has 0 bridgehead atoms. The van der Waals surface area contributed by atoms with Gasteiger partial charge in [-0.1, -0.05) is 11.3 Å². The number of carbonyl (C=O) groups excluding carboxylic acids is 1. The first kappa shape index (κ1) is 15.4. The second-order valence-electron chi connectivity index (χ2n) is 6.15. The topological polar surface area (TPSA) is 93.1 Å². The smallest absolute Gasteiger partial charge is 0.225 e. The van der Waals surface area contributed by atoms with Crippen molar-refractivity contribution in [1.82, 2.24) is 20.2 Å². The molecule has 4 rings (SSSR count). The summed E-state index contributed by atoms with van der Waals surface area (Å²) in [6, 6.07) is 0. The van der Waals surface area contributed by atoms with Crippen molar-refractivity contribution in [1.29, 1.82) is 0 Å². The predicted molar refractivity (Wildman–Crippen MR) is 88.9 cm³/mol. The molecule has 2 aromatic rings. The van der Waals surface area contributed by atoms with Crippen molar-refractivity contribution in [2.45, 2.75) is 19.4 Å². The van der Waals surface area contributed by atoms with E-state index in [9.17, 15) is 4.79 Å². The summed E-state index contributed by atoms with van der Waals surface area (Å²) in [6.07, 6.45) is 5.28. The van der Waals surface area contributed by atoms with Gasteiger partial charge in [-0.3, -0.25) is 9.78 Å². The number of ether oxygens (including phenoxy) is 1. The zero-order chi connectivity index (χ0) is 16.5. The molecule has 0 unspecified atom stereocenters. The Hall–Kier alpha value is -2.13. The van der Waals surface area contributed by atoms with E-state index in [0.29, 0.717) is 24.8 Å². The lowest BCUT2D eigenvalue weighted by atomic mass is 9.90. The fourth-order valence-corrected chi connectivity index (χ4v) is 4.08. The van der Waals surface area contributed by atoms with Crippen LogP contribution < -0.4 is 10.2 Å². The first-order valence-electron chi connectivity index (χ1n) is 7.91. The van der Waals surface area contributed by atoms with Crippen LogP contribution in [0.25, 0.3) is 0 Å². The largest absolute Gasteiger partial charge is 0.376 e. The summed E-state index contributed by atoms with van der Waals surface area (Å²) in [4.78, 5) is 22.5. The van der Waals surface area contributed by atoms with Gasteiger partial charge >= 0.3 is 0 Å². The molecule has 2 aromatic heterocycles. The number of nitrogens with zero attached hydrogens (tertiary/aromatic N) is 5. The summed E-state index contributed by atoms with van der Waals surface area (Å²) in [7, 11) is 0. The second kappa shape index (κ2) is 6.40. The Balaban J connectivity index is 1.36. The van der Waals surface area contributed by atoms with Crippen LogP contribution in [0.4, 0.5) is 10.9 Å². The van der Waals surface area contributed by atoms with E-state index in [-0.39, 0.29) is 17.9 Å². The van der Waals surface area contributed by atoms with Crippen molar-refractivity contribution in [3.63, 3.8) is 0 Å². The third-order valence-electron chi connectivity index (χ3n) is 4.50. The maximum absolute atomic E-state index is 12.2. The molecule has 3 atom stereocenters. The molecule has 4 heterocycles. The molecule has 24 heavy (non-hydrogen) atoms. The van der Waals surface area contributed by atoms with Gasteiger partial charge in [-0.05, 0) is 12.8 Å². The normalized spacial score (nSPS) is 25.7. The van der Waals surface area contributed by atoms with Crippen LogP contribution in [0.1, 0.15) is 11.4 Å². The Kier molecular flexibility index (Phi) is 4.11. The van der Waals surface area contributed by atoms with Crippen molar-refractivity contribution in [3.05, 3.63) is 23.6 Å². The molecule has 126 valence electrons. The van der Waals surface area contributed by atoms with Gasteiger partial charge in [0.15, 0.2) is 5.82 Å². The van der Waals surface area contributed by atoms with E-state index in [1.54, 1.807) is 29.9 Å². The summed E-state index contributed by atoms with van der Waals surface area (Å²) >= 11 is 1.59. The third-order valence-corrected chi connectivity index (χ3v) is 5.40. The van der Waals surface area contributed by atoms with Crippen molar-refractivity contribution in [2.75, 3.05) is 29.9 Å². The summed E-state index contributed by atoms with van der Waals surface area (Å²) in [5.41, 5.74) is 0. The minimum Gasteiger partial charge on any atom is -0.376 e. The highest BCUT2D eigenvalue weighted by Gasteiger charge is 2.45. The van der Waals surface area contributed by atoms with E-state index < -0.39 is 0 Å². The average molecular weight is 346 g/mol. The number of hydrogen-bond acceptors (Lipinski definition) is 8. The van der Waals surface area contributed by atoms with Gasteiger partial charge in [0.2, 0.25) is 11.0 Å².